The molecule has 3 heterocycles. The fourth-order valence-electron chi connectivity index (χ4n) is 1.94. The average molecular weight is 245 g/mol. The number of aromatic amines is 1. The van der Waals surface area contributed by atoms with Crippen molar-refractivity contribution < 1.29 is 0 Å². The Morgan fingerprint density at radius 1 is 0.947 bits per heavy atom. The molecule has 4 aromatic rings. The van der Waals surface area contributed by atoms with Gasteiger partial charge < -0.3 is 4.98 Å². The molecule has 1 N–H and O–H groups in total. The van der Waals surface area contributed by atoms with Gasteiger partial charge in [-0.15, -0.1) is 0 Å². The van der Waals surface area contributed by atoms with E-state index in [0.717, 1.165) is 10.9 Å². The van der Waals surface area contributed by atoms with Gasteiger partial charge in [0.05, 0.1) is 11.1 Å². The molecule has 0 atom stereocenters. The standard InChI is InChI=1S/C10H6N2.C6H5N/c11-6-8-5-9-3-1-2-4-10(9)12-7-8;1-2-6-4-3-5(1)7-6/h1-5,7H;1-4,7H. The first kappa shape index (κ1) is 11.2. The fourth-order valence-corrected chi connectivity index (χ4v) is 1.94. The van der Waals surface area contributed by atoms with E-state index < -0.39 is 0 Å². The molecule has 0 fully saturated rings. The summed E-state index contributed by atoms with van der Waals surface area (Å²) in [6.45, 7) is 0. The second-order valence-corrected chi connectivity index (χ2v) is 4.23. The predicted octanol–water partition coefficient (Wildman–Crippen LogP) is 3.71. The van der Waals surface area contributed by atoms with Crippen LogP contribution in [0, 0.1) is 11.3 Å². The van der Waals surface area contributed by atoms with Crippen molar-refractivity contribution in [3.05, 3.63) is 66.4 Å². The molecule has 0 amide bonds. The number of hydrogen-bond acceptors (Lipinski definition) is 2. The van der Waals surface area contributed by atoms with Gasteiger partial charge in [-0.25, -0.2) is 0 Å². The summed E-state index contributed by atoms with van der Waals surface area (Å²) < 4.78 is 0. The highest BCUT2D eigenvalue weighted by atomic mass is 14.7. The van der Waals surface area contributed by atoms with E-state index >= 15 is 0 Å². The van der Waals surface area contributed by atoms with Crippen molar-refractivity contribution in [2.75, 3.05) is 0 Å². The van der Waals surface area contributed by atoms with E-state index in [-0.39, 0.29) is 0 Å². The summed E-state index contributed by atoms with van der Waals surface area (Å²) in [7, 11) is 0. The van der Waals surface area contributed by atoms with Gasteiger partial charge in [-0.05, 0) is 36.4 Å². The van der Waals surface area contributed by atoms with Crippen molar-refractivity contribution in [1.82, 2.24) is 9.97 Å². The molecule has 0 aliphatic heterocycles. The number of nitriles is 1. The lowest BCUT2D eigenvalue weighted by atomic mass is 10.2. The zero-order chi connectivity index (χ0) is 13.1. The van der Waals surface area contributed by atoms with Gasteiger partial charge in [0.1, 0.15) is 6.07 Å². The molecule has 0 spiro atoms. The molecule has 90 valence electrons. The number of fused-ring (bicyclic) bond motifs is 3. The van der Waals surface area contributed by atoms with Gasteiger partial charge in [-0.3, -0.25) is 4.98 Å². The summed E-state index contributed by atoms with van der Waals surface area (Å²) in [4.78, 5) is 7.27. The van der Waals surface area contributed by atoms with Crippen LogP contribution in [0.3, 0.4) is 0 Å². The van der Waals surface area contributed by atoms with E-state index in [4.69, 9.17) is 5.26 Å². The molecule has 3 aromatic heterocycles. The molecule has 0 unspecified atom stereocenters. The van der Waals surface area contributed by atoms with Crippen LogP contribution in [0.4, 0.5) is 0 Å². The first-order chi connectivity index (χ1) is 9.35. The lowest BCUT2D eigenvalue weighted by Crippen LogP contribution is -1.80. The number of benzene rings is 2. The zero-order valence-electron chi connectivity index (χ0n) is 10.2. The number of aromatic nitrogens is 2. The number of hydrogen-bond donors (Lipinski definition) is 1. The van der Waals surface area contributed by atoms with Gasteiger partial charge in [0.15, 0.2) is 0 Å². The maximum Gasteiger partial charge on any atom is 0.101 e. The van der Waals surface area contributed by atoms with Crippen LogP contribution in [0.25, 0.3) is 21.9 Å². The highest BCUT2D eigenvalue weighted by Gasteiger charge is 1.94. The molecule has 0 saturated carbocycles. The Hall–Kier alpha value is -2.86. The van der Waals surface area contributed by atoms with Crippen LogP contribution in [0.5, 0.6) is 0 Å². The highest BCUT2D eigenvalue weighted by Crippen LogP contribution is 2.11. The molecule has 0 saturated heterocycles. The van der Waals surface area contributed by atoms with E-state index in [1.54, 1.807) is 6.20 Å². The summed E-state index contributed by atoms with van der Waals surface area (Å²) in [5.41, 5.74) is 3.97. The Bertz CT molecular complexity index is 794. The van der Waals surface area contributed by atoms with Crippen LogP contribution in [-0.2, 0) is 0 Å². The SMILES string of the molecule is N#Cc1cnc2ccccc2c1.c1cc2ccc1[nH]2. The van der Waals surface area contributed by atoms with Crippen LogP contribution in [0.2, 0.25) is 0 Å². The van der Waals surface area contributed by atoms with Crippen molar-refractivity contribution >= 4 is 21.9 Å². The minimum absolute atomic E-state index is 0.605. The summed E-state index contributed by atoms with van der Waals surface area (Å²) in [6.07, 6.45) is 1.59. The smallest absolute Gasteiger partial charge is 0.101 e. The van der Waals surface area contributed by atoms with Gasteiger partial charge in [-0.1, -0.05) is 18.2 Å². The van der Waals surface area contributed by atoms with E-state index in [1.807, 2.05) is 30.3 Å². The molecule has 2 bridgehead atoms. The number of rotatable bonds is 0. The highest BCUT2D eigenvalue weighted by molar-refractivity contribution is 5.79. The molecule has 0 radical (unpaired) electrons. The number of H-pyrrole nitrogens is 1. The van der Waals surface area contributed by atoms with Gasteiger partial charge in [-0.2, -0.15) is 5.26 Å². The maximum absolute atomic E-state index is 8.61. The lowest BCUT2D eigenvalue weighted by molar-refractivity contribution is 1.37. The van der Waals surface area contributed by atoms with Gasteiger partial charge in [0, 0.05) is 22.6 Å². The van der Waals surface area contributed by atoms with Gasteiger partial charge >= 0.3 is 0 Å². The minimum atomic E-state index is 0.605. The zero-order valence-corrected chi connectivity index (χ0v) is 10.2. The summed E-state index contributed by atoms with van der Waals surface area (Å²) in [6, 6.07) is 19.9. The normalized spacial score (nSPS) is 10.1. The number of nitrogens with one attached hydrogen (secondary N) is 1. The third kappa shape index (κ3) is 2.38. The van der Waals surface area contributed by atoms with Crippen molar-refractivity contribution in [3.8, 4) is 6.07 Å². The first-order valence-corrected chi connectivity index (χ1v) is 5.97. The van der Waals surface area contributed by atoms with Crippen molar-refractivity contribution in [1.29, 1.82) is 5.26 Å². The summed E-state index contributed by atoms with van der Waals surface area (Å²) in [5, 5.41) is 9.62. The Balaban J connectivity index is 0.000000132. The van der Waals surface area contributed by atoms with E-state index in [2.05, 4.69) is 40.3 Å². The Kier molecular flexibility index (Phi) is 2.83. The predicted molar refractivity (Wildman–Crippen MR) is 75.9 cm³/mol. The fraction of sp³-hybridized carbons (Fsp3) is 0. The molecule has 3 nitrogen and oxygen atoms in total. The third-order valence-corrected chi connectivity index (χ3v) is 2.89. The number of pyridine rings is 1. The lowest BCUT2D eigenvalue weighted by Gasteiger charge is -1.94. The van der Waals surface area contributed by atoms with Crippen LogP contribution in [0.1, 0.15) is 5.56 Å². The molecule has 3 heteroatoms. The average Bonchev–Trinajstić information content (AvgIpc) is 3.12. The van der Waals surface area contributed by atoms with E-state index in [9.17, 15) is 0 Å². The molecule has 0 aliphatic carbocycles. The van der Waals surface area contributed by atoms with Crippen LogP contribution in [0.15, 0.2) is 60.8 Å². The Morgan fingerprint density at radius 2 is 1.63 bits per heavy atom. The topological polar surface area (TPSA) is 52.5 Å². The number of para-hydroxylation sites is 1. The quantitative estimate of drug-likeness (QED) is 0.513. The molecule has 0 aliphatic rings. The van der Waals surface area contributed by atoms with E-state index in [1.165, 1.54) is 11.0 Å². The molecule has 1 aromatic carbocycles. The maximum atomic E-state index is 8.61. The van der Waals surface area contributed by atoms with Crippen molar-refractivity contribution in [2.45, 2.75) is 0 Å². The molecule has 19 heavy (non-hydrogen) atoms. The Labute approximate surface area is 110 Å². The van der Waals surface area contributed by atoms with Gasteiger partial charge in [0.2, 0.25) is 0 Å². The van der Waals surface area contributed by atoms with Crippen molar-refractivity contribution in [2.24, 2.45) is 0 Å². The van der Waals surface area contributed by atoms with E-state index in [0.29, 0.717) is 5.56 Å². The van der Waals surface area contributed by atoms with Gasteiger partial charge in [0.25, 0.3) is 0 Å². The van der Waals surface area contributed by atoms with Crippen LogP contribution < -0.4 is 0 Å². The molecule has 4 rings (SSSR count). The summed E-state index contributed by atoms with van der Waals surface area (Å²) in [5.74, 6) is 0. The third-order valence-electron chi connectivity index (χ3n) is 2.89. The number of nitrogens with zero attached hydrogens (tertiary/aromatic N) is 2. The molecular formula is C16H11N3. The summed E-state index contributed by atoms with van der Waals surface area (Å²) >= 11 is 0. The second-order valence-electron chi connectivity index (χ2n) is 4.23. The largest absolute Gasteiger partial charge is 0.356 e. The Morgan fingerprint density at radius 3 is 2.21 bits per heavy atom. The van der Waals surface area contributed by atoms with Crippen molar-refractivity contribution in [3.63, 3.8) is 0 Å². The van der Waals surface area contributed by atoms with Crippen LogP contribution >= 0.6 is 0 Å². The van der Waals surface area contributed by atoms with Crippen LogP contribution in [-0.4, -0.2) is 9.97 Å². The minimum Gasteiger partial charge on any atom is -0.356 e. The first-order valence-electron chi connectivity index (χ1n) is 5.97. The second kappa shape index (κ2) is 4.79. The molecular weight excluding hydrogens is 234 g/mol. The monoisotopic (exact) mass is 245 g/mol.